The van der Waals surface area contributed by atoms with Gasteiger partial charge in [0.25, 0.3) is 5.97 Å². The van der Waals surface area contributed by atoms with E-state index in [1.165, 1.54) is 30.4 Å². The minimum atomic E-state index is -1.79. The summed E-state index contributed by atoms with van der Waals surface area (Å²) < 4.78 is 12.0. The Kier molecular flexibility index (Phi) is 14.7. The van der Waals surface area contributed by atoms with E-state index in [9.17, 15) is 4.79 Å². The zero-order valence-electron chi connectivity index (χ0n) is 23.7. The van der Waals surface area contributed by atoms with Crippen LogP contribution >= 0.6 is 0 Å². The highest BCUT2D eigenvalue weighted by Crippen LogP contribution is 2.29. The van der Waals surface area contributed by atoms with E-state index >= 15 is 0 Å². The highest BCUT2D eigenvalue weighted by atomic mass is 28.4. The molecule has 0 saturated carbocycles. The Morgan fingerprint density at radius 2 is 1.74 bits per heavy atom. The van der Waals surface area contributed by atoms with Gasteiger partial charge < -0.3 is 13.7 Å². The van der Waals surface area contributed by atoms with E-state index in [0.29, 0.717) is 13.0 Å². The first kappa shape index (κ1) is 31.6. The number of hydrogen-bond acceptors (Lipinski definition) is 5. The van der Waals surface area contributed by atoms with Crippen molar-refractivity contribution in [1.82, 2.24) is 0 Å². The number of oxime groups is 1. The third-order valence-corrected chi connectivity index (χ3v) is 7.29. The summed E-state index contributed by atoms with van der Waals surface area (Å²) in [6.45, 7) is 17.7. The van der Waals surface area contributed by atoms with Gasteiger partial charge in [-0.05, 0) is 95.9 Å². The first-order valence-electron chi connectivity index (χ1n) is 13.6. The number of unbranched alkanes of at least 4 members (excludes halogenated alkanes) is 3. The van der Waals surface area contributed by atoms with E-state index in [2.05, 4.69) is 56.0 Å². The van der Waals surface area contributed by atoms with Crippen molar-refractivity contribution in [2.24, 2.45) is 5.16 Å². The summed E-state index contributed by atoms with van der Waals surface area (Å²) >= 11 is 0. The molecule has 1 aliphatic carbocycles. The van der Waals surface area contributed by atoms with E-state index in [1.54, 1.807) is 0 Å². The van der Waals surface area contributed by atoms with Crippen LogP contribution in [0.5, 0.6) is 0 Å². The Morgan fingerprint density at radius 1 is 1.00 bits per heavy atom. The summed E-state index contributed by atoms with van der Waals surface area (Å²) in [7, 11) is -3.41. The average molecular weight is 522 g/mol. The molecule has 0 N–H and O–H groups in total. The van der Waals surface area contributed by atoms with E-state index in [0.717, 1.165) is 44.2 Å². The Morgan fingerprint density at radius 3 is 2.37 bits per heavy atom. The largest absolute Gasteiger partial charge is 0.520 e. The van der Waals surface area contributed by atoms with Crippen LogP contribution in [0.3, 0.4) is 0 Å². The fraction of sp³-hybridized carbons (Fsp3) is 0.714. The maximum absolute atomic E-state index is 11.9. The number of carbonyl (C=O) groups is 1. The van der Waals surface area contributed by atoms with Gasteiger partial charge in [0.1, 0.15) is 6.61 Å². The van der Waals surface area contributed by atoms with Crippen molar-refractivity contribution in [3.8, 4) is 0 Å². The molecule has 0 spiro atoms. The number of rotatable bonds is 17. The van der Waals surface area contributed by atoms with Gasteiger partial charge in [-0.1, -0.05) is 55.6 Å². The molecule has 0 saturated heterocycles. The first-order valence-corrected chi connectivity index (χ1v) is 20.4. The van der Waals surface area contributed by atoms with Gasteiger partial charge in [-0.25, -0.2) is 0 Å². The van der Waals surface area contributed by atoms with Crippen LogP contribution in [-0.4, -0.2) is 41.0 Å². The molecular formula is C28H51NO4Si2. The third kappa shape index (κ3) is 15.3. The molecule has 0 aromatic rings. The van der Waals surface area contributed by atoms with Gasteiger partial charge in [-0.3, -0.25) is 4.79 Å². The van der Waals surface area contributed by atoms with Crippen LogP contribution in [0.1, 0.15) is 78.1 Å². The molecule has 0 amide bonds. The molecule has 5 nitrogen and oxygen atoms in total. The topological polar surface area (TPSA) is 57.1 Å². The number of allylic oxidation sites excluding steroid dienone is 5. The van der Waals surface area contributed by atoms with Crippen LogP contribution in [-0.2, 0) is 18.5 Å². The maximum atomic E-state index is 11.9. The second-order valence-corrected chi connectivity index (χ2v) is 20.1. The standard InChI is InChI=1S/C28H51NO4Si2/c1-9-11-14-17-25(32-34(3,4)5)22-20-24-21-23-27(29-31-10-2)26(24)18-15-12-13-16-19-28(30)33-35(6,7)8/h12,15,20,22,25H,9-11,13-14,16-19,21,23H2,1-8H3/b15-12-,22-20+,29-27?. The summed E-state index contributed by atoms with van der Waals surface area (Å²) in [5.41, 5.74) is 3.67. The normalized spacial score (nSPS) is 17.2. The predicted molar refractivity (Wildman–Crippen MR) is 154 cm³/mol. The summed E-state index contributed by atoms with van der Waals surface area (Å²) in [5.74, 6) is -0.0661. The molecule has 0 aliphatic heterocycles. The van der Waals surface area contributed by atoms with Gasteiger partial charge in [0.05, 0.1) is 11.8 Å². The lowest BCUT2D eigenvalue weighted by Gasteiger charge is -2.24. The fourth-order valence-electron chi connectivity index (χ4n) is 3.96. The highest BCUT2D eigenvalue weighted by Gasteiger charge is 2.22. The molecule has 1 unspecified atom stereocenters. The van der Waals surface area contributed by atoms with Crippen molar-refractivity contribution in [2.75, 3.05) is 6.61 Å². The van der Waals surface area contributed by atoms with Crippen molar-refractivity contribution in [1.29, 1.82) is 0 Å². The van der Waals surface area contributed by atoms with Crippen LogP contribution in [0.2, 0.25) is 39.3 Å². The zero-order valence-corrected chi connectivity index (χ0v) is 25.7. The molecule has 0 heterocycles. The van der Waals surface area contributed by atoms with Crippen molar-refractivity contribution >= 4 is 28.3 Å². The van der Waals surface area contributed by atoms with E-state index < -0.39 is 16.6 Å². The lowest BCUT2D eigenvalue weighted by atomic mass is 10.0. The van der Waals surface area contributed by atoms with E-state index in [1.807, 2.05) is 26.6 Å². The molecule has 0 aromatic carbocycles. The number of nitrogens with zero attached hydrogens (tertiary/aromatic N) is 1. The molecule has 1 atom stereocenters. The van der Waals surface area contributed by atoms with Gasteiger partial charge in [-0.15, -0.1) is 0 Å². The SMILES string of the molecule is CCCCCC(/C=C/C1=C(C/C=C\CCCC(=O)O[Si](C)(C)C)C(=NOCC)CC1)O[Si](C)(C)C. The second kappa shape index (κ2) is 16.3. The van der Waals surface area contributed by atoms with Crippen LogP contribution in [0.25, 0.3) is 0 Å². The molecule has 35 heavy (non-hydrogen) atoms. The lowest BCUT2D eigenvalue weighted by Crippen LogP contribution is -2.31. The molecule has 1 aliphatic rings. The Balaban J connectivity index is 2.83. The summed E-state index contributed by atoms with van der Waals surface area (Å²) in [6, 6.07) is 0. The molecule has 7 heteroatoms. The summed E-state index contributed by atoms with van der Waals surface area (Å²) in [6.07, 6.45) is 18.8. The Hall–Kier alpha value is -1.45. The number of hydrogen-bond donors (Lipinski definition) is 0. The van der Waals surface area contributed by atoms with Crippen molar-refractivity contribution in [3.63, 3.8) is 0 Å². The number of carbonyl (C=O) groups excluding carboxylic acids is 1. The van der Waals surface area contributed by atoms with Crippen molar-refractivity contribution < 1.29 is 18.5 Å². The fourth-order valence-corrected chi connectivity index (χ4v) is 5.85. The van der Waals surface area contributed by atoms with E-state index in [-0.39, 0.29) is 12.1 Å². The summed E-state index contributed by atoms with van der Waals surface area (Å²) in [4.78, 5) is 17.3. The quantitative estimate of drug-likeness (QED) is 0.0835. The van der Waals surface area contributed by atoms with Crippen LogP contribution in [0.15, 0.2) is 40.6 Å². The van der Waals surface area contributed by atoms with Gasteiger partial charge in [0.2, 0.25) is 8.32 Å². The van der Waals surface area contributed by atoms with Crippen LogP contribution < -0.4 is 0 Å². The van der Waals surface area contributed by atoms with Gasteiger partial charge >= 0.3 is 0 Å². The molecular weight excluding hydrogens is 470 g/mol. The van der Waals surface area contributed by atoms with Crippen LogP contribution in [0, 0.1) is 0 Å². The van der Waals surface area contributed by atoms with Crippen molar-refractivity contribution in [2.45, 2.75) is 123 Å². The molecule has 0 bridgehead atoms. The third-order valence-electron chi connectivity index (χ3n) is 5.44. The van der Waals surface area contributed by atoms with Gasteiger partial charge in [0, 0.05) is 6.42 Å². The monoisotopic (exact) mass is 521 g/mol. The minimum Gasteiger partial charge on any atom is -0.520 e. The van der Waals surface area contributed by atoms with Crippen molar-refractivity contribution in [3.05, 3.63) is 35.5 Å². The molecule has 0 fully saturated rings. The highest BCUT2D eigenvalue weighted by molar-refractivity contribution is 6.71. The average Bonchev–Trinajstić information content (AvgIpc) is 3.12. The maximum Gasteiger partial charge on any atom is 0.292 e. The molecule has 200 valence electrons. The Bertz CT molecular complexity index is 758. The second-order valence-electron chi connectivity index (χ2n) is 11.2. The van der Waals surface area contributed by atoms with Gasteiger partial charge in [-0.2, -0.15) is 0 Å². The zero-order chi connectivity index (χ0) is 26.3. The lowest BCUT2D eigenvalue weighted by molar-refractivity contribution is -0.135. The predicted octanol–water partition coefficient (Wildman–Crippen LogP) is 8.32. The first-order chi connectivity index (χ1) is 16.4. The summed E-state index contributed by atoms with van der Waals surface area (Å²) in [5, 5.41) is 4.40. The minimum absolute atomic E-state index is 0.0661. The molecule has 0 aromatic heterocycles. The smallest absolute Gasteiger partial charge is 0.292 e. The van der Waals surface area contributed by atoms with Gasteiger partial charge in [0.15, 0.2) is 8.32 Å². The Labute approximate surface area is 217 Å². The molecule has 1 rings (SSSR count). The van der Waals surface area contributed by atoms with Crippen LogP contribution in [0.4, 0.5) is 0 Å². The van der Waals surface area contributed by atoms with E-state index in [4.69, 9.17) is 13.7 Å². The molecule has 0 radical (unpaired) electrons.